The quantitative estimate of drug-likeness (QED) is 0.502. The summed E-state index contributed by atoms with van der Waals surface area (Å²) in [6.45, 7) is 0. The van der Waals surface area contributed by atoms with Crippen LogP contribution in [0.5, 0.6) is 0 Å². The lowest BCUT2D eigenvalue weighted by Gasteiger charge is -2.10. The number of nitrogens with zero attached hydrogens (tertiary/aromatic N) is 1. The molecule has 2 rings (SSSR count). The van der Waals surface area contributed by atoms with E-state index in [1.165, 1.54) is 36.4 Å². The number of hydrogen-bond acceptors (Lipinski definition) is 6. The van der Waals surface area contributed by atoms with Gasteiger partial charge in [-0.3, -0.25) is 10.1 Å². The number of rotatable bonds is 3. The second-order valence-electron chi connectivity index (χ2n) is 4.02. The Labute approximate surface area is 114 Å². The van der Waals surface area contributed by atoms with Gasteiger partial charge in [0.05, 0.1) is 21.2 Å². The Kier molecular flexibility index (Phi) is 3.33. The smallest absolute Gasteiger partial charge is 0.270 e. The van der Waals surface area contributed by atoms with Crippen LogP contribution in [0, 0.1) is 10.1 Å². The Bertz CT molecular complexity index is 767. The molecule has 0 spiro atoms. The Morgan fingerprint density at radius 2 is 1.55 bits per heavy atom. The minimum atomic E-state index is -4.01. The molecule has 0 amide bonds. The first-order valence-corrected chi connectivity index (χ1v) is 6.96. The summed E-state index contributed by atoms with van der Waals surface area (Å²) in [5.74, 6) is 0. The maximum atomic E-state index is 12.5. The molecule has 20 heavy (non-hydrogen) atoms. The van der Waals surface area contributed by atoms with Gasteiger partial charge in [0, 0.05) is 12.1 Å². The minimum Gasteiger partial charge on any atom is -0.398 e. The van der Waals surface area contributed by atoms with Crippen LogP contribution in [0.2, 0.25) is 0 Å². The second kappa shape index (κ2) is 4.82. The lowest BCUT2D eigenvalue weighted by atomic mass is 10.3. The predicted octanol–water partition coefficient (Wildman–Crippen LogP) is 1.59. The van der Waals surface area contributed by atoms with Crippen molar-refractivity contribution in [1.82, 2.24) is 0 Å². The lowest BCUT2D eigenvalue weighted by molar-refractivity contribution is -0.385. The monoisotopic (exact) mass is 293 g/mol. The van der Waals surface area contributed by atoms with Crippen molar-refractivity contribution in [2.75, 3.05) is 11.5 Å². The third-order valence-corrected chi connectivity index (χ3v) is 4.57. The van der Waals surface area contributed by atoms with Gasteiger partial charge in [-0.2, -0.15) is 0 Å². The van der Waals surface area contributed by atoms with E-state index in [1.54, 1.807) is 0 Å². The fraction of sp³-hybridized carbons (Fsp3) is 0. The molecule has 4 N–H and O–H groups in total. The molecule has 0 saturated heterocycles. The molecule has 0 aliphatic heterocycles. The minimum absolute atomic E-state index is 0.00324. The summed E-state index contributed by atoms with van der Waals surface area (Å²) in [6.07, 6.45) is 0. The molecule has 0 aliphatic carbocycles. The lowest BCUT2D eigenvalue weighted by Crippen LogP contribution is -2.09. The highest BCUT2D eigenvalue weighted by Gasteiger charge is 2.24. The summed E-state index contributed by atoms with van der Waals surface area (Å²) in [7, 11) is -4.01. The number of nitrogens with two attached hydrogens (primary N) is 2. The van der Waals surface area contributed by atoms with Gasteiger partial charge in [0.25, 0.3) is 5.69 Å². The van der Waals surface area contributed by atoms with E-state index < -0.39 is 14.8 Å². The summed E-state index contributed by atoms with van der Waals surface area (Å²) in [5.41, 5.74) is 11.0. The third kappa shape index (κ3) is 2.28. The summed E-state index contributed by atoms with van der Waals surface area (Å²) in [4.78, 5) is 9.58. The van der Waals surface area contributed by atoms with Gasteiger partial charge in [0.15, 0.2) is 0 Å². The van der Waals surface area contributed by atoms with Crippen LogP contribution in [0.25, 0.3) is 0 Å². The zero-order valence-corrected chi connectivity index (χ0v) is 11.0. The molecule has 7 nitrogen and oxygen atoms in total. The maximum absolute atomic E-state index is 12.5. The van der Waals surface area contributed by atoms with E-state index in [-0.39, 0.29) is 26.9 Å². The van der Waals surface area contributed by atoms with Crippen LogP contribution in [-0.2, 0) is 9.84 Å². The zero-order chi connectivity index (χ0) is 14.9. The van der Waals surface area contributed by atoms with E-state index in [2.05, 4.69) is 0 Å². The van der Waals surface area contributed by atoms with E-state index >= 15 is 0 Å². The number of anilines is 2. The summed E-state index contributed by atoms with van der Waals surface area (Å²) in [6, 6.07) is 9.06. The average molecular weight is 293 g/mol. The molecule has 0 bridgehead atoms. The number of hydrogen-bond donors (Lipinski definition) is 2. The van der Waals surface area contributed by atoms with Crippen LogP contribution in [0.1, 0.15) is 0 Å². The van der Waals surface area contributed by atoms with Crippen molar-refractivity contribution in [3.63, 3.8) is 0 Å². The molecule has 0 radical (unpaired) electrons. The summed E-state index contributed by atoms with van der Waals surface area (Å²) >= 11 is 0. The maximum Gasteiger partial charge on any atom is 0.270 e. The van der Waals surface area contributed by atoms with E-state index in [0.29, 0.717) is 0 Å². The van der Waals surface area contributed by atoms with E-state index in [9.17, 15) is 18.5 Å². The fourth-order valence-electron chi connectivity index (χ4n) is 1.77. The second-order valence-corrected chi connectivity index (χ2v) is 5.91. The van der Waals surface area contributed by atoms with Crippen LogP contribution in [0.3, 0.4) is 0 Å². The molecule has 0 aliphatic rings. The molecular formula is C12H11N3O4S. The predicted molar refractivity (Wildman–Crippen MR) is 73.8 cm³/mol. The molecule has 104 valence electrons. The van der Waals surface area contributed by atoms with Gasteiger partial charge in [0.2, 0.25) is 9.84 Å². The summed E-state index contributed by atoms with van der Waals surface area (Å²) in [5, 5.41) is 10.7. The third-order valence-electron chi connectivity index (χ3n) is 2.68. The SMILES string of the molecule is Nc1cccc(N)c1S(=O)(=O)c1cccc([N+](=O)[O-])c1. The van der Waals surface area contributed by atoms with E-state index in [0.717, 1.165) is 6.07 Å². The van der Waals surface area contributed by atoms with Crippen molar-refractivity contribution in [3.05, 3.63) is 52.6 Å². The Balaban J connectivity index is 2.67. The van der Waals surface area contributed by atoms with Crippen molar-refractivity contribution in [2.45, 2.75) is 9.79 Å². The van der Waals surface area contributed by atoms with Gasteiger partial charge in [0.1, 0.15) is 4.90 Å². The number of sulfone groups is 1. The van der Waals surface area contributed by atoms with Gasteiger partial charge in [-0.25, -0.2) is 8.42 Å². The van der Waals surface area contributed by atoms with Crippen LogP contribution >= 0.6 is 0 Å². The number of nitro benzene ring substituents is 1. The molecule has 8 heteroatoms. The first-order valence-electron chi connectivity index (χ1n) is 5.47. The van der Waals surface area contributed by atoms with Gasteiger partial charge < -0.3 is 11.5 Å². The highest BCUT2D eigenvalue weighted by atomic mass is 32.2. The Hall–Kier alpha value is -2.61. The molecule has 0 aromatic heterocycles. The van der Waals surface area contributed by atoms with Gasteiger partial charge in [-0.1, -0.05) is 12.1 Å². The average Bonchev–Trinajstić information content (AvgIpc) is 2.38. The van der Waals surface area contributed by atoms with Crippen LogP contribution < -0.4 is 11.5 Å². The Morgan fingerprint density at radius 3 is 2.10 bits per heavy atom. The topological polar surface area (TPSA) is 129 Å². The zero-order valence-electron chi connectivity index (χ0n) is 10.2. The fourth-order valence-corrected chi connectivity index (χ4v) is 3.29. The summed E-state index contributed by atoms with van der Waals surface area (Å²) < 4.78 is 24.9. The van der Waals surface area contributed by atoms with Gasteiger partial charge >= 0.3 is 0 Å². The number of nitro groups is 1. The number of nitrogen functional groups attached to an aromatic ring is 2. The van der Waals surface area contributed by atoms with E-state index in [1.807, 2.05) is 0 Å². The van der Waals surface area contributed by atoms with E-state index in [4.69, 9.17) is 11.5 Å². The molecule has 2 aromatic carbocycles. The molecule has 0 heterocycles. The number of non-ortho nitro benzene ring substituents is 1. The first kappa shape index (κ1) is 13.8. The van der Waals surface area contributed by atoms with Crippen molar-refractivity contribution < 1.29 is 13.3 Å². The van der Waals surface area contributed by atoms with Crippen molar-refractivity contribution in [1.29, 1.82) is 0 Å². The van der Waals surface area contributed by atoms with Gasteiger partial charge in [-0.15, -0.1) is 0 Å². The van der Waals surface area contributed by atoms with Crippen molar-refractivity contribution >= 4 is 26.9 Å². The molecule has 0 unspecified atom stereocenters. The van der Waals surface area contributed by atoms with Gasteiger partial charge in [-0.05, 0) is 18.2 Å². The molecule has 0 fully saturated rings. The molecular weight excluding hydrogens is 282 g/mol. The molecule has 0 atom stereocenters. The van der Waals surface area contributed by atoms with Crippen molar-refractivity contribution in [3.8, 4) is 0 Å². The number of benzene rings is 2. The largest absolute Gasteiger partial charge is 0.398 e. The van der Waals surface area contributed by atoms with Crippen molar-refractivity contribution in [2.24, 2.45) is 0 Å². The normalized spacial score (nSPS) is 11.2. The highest BCUT2D eigenvalue weighted by Crippen LogP contribution is 2.31. The molecule has 0 saturated carbocycles. The highest BCUT2D eigenvalue weighted by molar-refractivity contribution is 7.91. The molecule has 2 aromatic rings. The van der Waals surface area contributed by atoms with Crippen LogP contribution in [0.15, 0.2) is 52.3 Å². The first-order chi connectivity index (χ1) is 9.34. The standard InChI is InChI=1S/C12H11N3O4S/c13-10-5-2-6-11(14)12(10)20(18,19)9-4-1-3-8(7-9)15(16)17/h1-7H,13-14H2. The van der Waals surface area contributed by atoms with Crippen LogP contribution in [-0.4, -0.2) is 13.3 Å². The Morgan fingerprint density at radius 1 is 1.00 bits per heavy atom. The van der Waals surface area contributed by atoms with Crippen LogP contribution in [0.4, 0.5) is 17.1 Å².